The molecule has 0 aliphatic heterocycles. The molecule has 0 aromatic rings. The van der Waals surface area contributed by atoms with Crippen LogP contribution in [0.2, 0.25) is 0 Å². The van der Waals surface area contributed by atoms with Crippen molar-refractivity contribution < 1.29 is 18.5 Å². The summed E-state index contributed by atoms with van der Waals surface area (Å²) in [7, 11) is 0.251. The minimum Gasteiger partial charge on any atom is -0.756 e. The van der Waals surface area contributed by atoms with E-state index in [4.69, 9.17) is 0 Å². The molecule has 0 N–H and O–H groups in total. The molecule has 0 radical (unpaired) electrons. The van der Waals surface area contributed by atoms with Crippen LogP contribution in [-0.2, 0) is 13.6 Å². The Morgan fingerprint density at radius 3 is 1.93 bits per heavy atom. The third kappa shape index (κ3) is 15.0. The smallest absolute Gasteiger partial charge is 0.267 e. The minimum absolute atomic E-state index is 1.04. The molecule has 6 heteroatoms. The van der Waals surface area contributed by atoms with E-state index in [1.165, 1.54) is 31.8 Å². The molecular formula is C8H22O4P2. The highest BCUT2D eigenvalue weighted by Gasteiger charge is 1.98. The van der Waals surface area contributed by atoms with Crippen molar-refractivity contribution in [1.29, 1.82) is 0 Å². The molecule has 0 bridgehead atoms. The first kappa shape index (κ1) is 17.0. The average Bonchev–Trinajstić information content (AvgIpc) is 2.20. The summed E-state index contributed by atoms with van der Waals surface area (Å²) in [5.74, 6) is 0. The lowest BCUT2D eigenvalue weighted by atomic mass is 10.2. The van der Waals surface area contributed by atoms with Crippen LogP contribution in [0.25, 0.3) is 0 Å². The minimum atomic E-state index is -3.90. The van der Waals surface area contributed by atoms with Gasteiger partial charge in [-0.1, -0.05) is 19.8 Å². The number of hydrogen-bond donors (Lipinski definition) is 0. The number of hydrogen-bond acceptors (Lipinski definition) is 4. The van der Waals surface area contributed by atoms with Crippen LogP contribution >= 0.6 is 17.1 Å². The van der Waals surface area contributed by atoms with E-state index in [0.717, 1.165) is 14.2 Å². The van der Waals surface area contributed by atoms with Gasteiger partial charge in [0, 0.05) is 14.2 Å². The summed E-state index contributed by atoms with van der Waals surface area (Å²) in [6.45, 7) is 2.25. The van der Waals surface area contributed by atoms with E-state index in [0.29, 0.717) is 0 Å². The van der Waals surface area contributed by atoms with E-state index in [2.05, 4.69) is 25.2 Å². The van der Waals surface area contributed by atoms with E-state index in [1.807, 2.05) is 0 Å². The number of unbranched alkanes of at least 4 members (excludes halogenated alkanes) is 3. The first-order chi connectivity index (χ1) is 6.54. The van der Waals surface area contributed by atoms with Crippen molar-refractivity contribution in [3.05, 3.63) is 0 Å². The molecule has 0 rings (SSSR count). The molecule has 0 aliphatic carbocycles. The zero-order chi connectivity index (χ0) is 11.4. The SMILES string of the molecule is CCCCCC[PH3+].COP(=O)([O-])OC. The lowest BCUT2D eigenvalue weighted by molar-refractivity contribution is -0.220. The van der Waals surface area contributed by atoms with Gasteiger partial charge in [-0.15, -0.1) is 0 Å². The summed E-state index contributed by atoms with van der Waals surface area (Å²) in [6.07, 6.45) is 7.06. The van der Waals surface area contributed by atoms with Crippen LogP contribution in [0.3, 0.4) is 0 Å². The fourth-order valence-electron chi connectivity index (χ4n) is 0.678. The molecule has 0 saturated heterocycles. The predicted octanol–water partition coefficient (Wildman–Crippen LogP) is 1.92. The first-order valence-corrected chi connectivity index (χ1v) is 7.21. The van der Waals surface area contributed by atoms with Crippen LogP contribution in [0, 0.1) is 0 Å². The Labute approximate surface area is 89.2 Å². The zero-order valence-corrected chi connectivity index (χ0v) is 11.6. The molecule has 0 aromatic carbocycles. The molecule has 1 unspecified atom stereocenters. The maximum atomic E-state index is 9.95. The Bertz CT molecular complexity index is 140. The van der Waals surface area contributed by atoms with Crippen LogP contribution in [0.1, 0.15) is 32.6 Å². The summed E-state index contributed by atoms with van der Waals surface area (Å²) in [6, 6.07) is 0. The van der Waals surface area contributed by atoms with Gasteiger partial charge in [0.05, 0.1) is 6.16 Å². The highest BCUT2D eigenvalue weighted by atomic mass is 31.2. The van der Waals surface area contributed by atoms with Crippen molar-refractivity contribution >= 4 is 17.1 Å². The lowest BCUT2D eigenvalue weighted by Gasteiger charge is -2.16. The Hall–Kier alpha value is 0.540. The lowest BCUT2D eigenvalue weighted by Crippen LogP contribution is -2.02. The van der Waals surface area contributed by atoms with Crippen LogP contribution < -0.4 is 4.89 Å². The van der Waals surface area contributed by atoms with Gasteiger partial charge in [0.1, 0.15) is 0 Å². The van der Waals surface area contributed by atoms with E-state index in [9.17, 15) is 9.46 Å². The van der Waals surface area contributed by atoms with Crippen LogP contribution in [0.4, 0.5) is 0 Å². The van der Waals surface area contributed by atoms with Gasteiger partial charge in [-0.2, -0.15) is 0 Å². The highest BCUT2D eigenvalue weighted by molar-refractivity contribution is 7.45. The molecule has 0 amide bonds. The van der Waals surface area contributed by atoms with Crippen molar-refractivity contribution in [2.24, 2.45) is 0 Å². The van der Waals surface area contributed by atoms with Crippen molar-refractivity contribution in [2.45, 2.75) is 32.6 Å². The summed E-state index contributed by atoms with van der Waals surface area (Å²) < 4.78 is 17.7. The molecule has 0 aliphatic rings. The fourth-order valence-corrected chi connectivity index (χ4v) is 1.18. The van der Waals surface area contributed by atoms with E-state index in [-0.39, 0.29) is 0 Å². The third-order valence-electron chi connectivity index (χ3n) is 1.55. The Kier molecular flexibility index (Phi) is 14.1. The molecule has 0 fully saturated rings. The number of phosphoric ester groups is 1. The maximum absolute atomic E-state index is 9.95. The fraction of sp³-hybridized carbons (Fsp3) is 1.00. The van der Waals surface area contributed by atoms with Gasteiger partial charge in [0.15, 0.2) is 0 Å². The van der Waals surface area contributed by atoms with E-state index < -0.39 is 7.82 Å². The summed E-state index contributed by atoms with van der Waals surface area (Å²) in [4.78, 5) is 9.95. The summed E-state index contributed by atoms with van der Waals surface area (Å²) in [5.41, 5.74) is 0. The van der Waals surface area contributed by atoms with Gasteiger partial charge < -0.3 is 13.9 Å². The normalized spacial score (nSPS) is 10.9. The van der Waals surface area contributed by atoms with Crippen molar-refractivity contribution in [3.8, 4) is 0 Å². The second-order valence-electron chi connectivity index (χ2n) is 2.73. The molecule has 0 saturated carbocycles. The molecule has 4 nitrogen and oxygen atoms in total. The van der Waals surface area contributed by atoms with Gasteiger partial charge in [0.2, 0.25) is 0 Å². The third-order valence-corrected chi connectivity index (χ3v) is 2.95. The molecule has 0 spiro atoms. The van der Waals surface area contributed by atoms with Crippen LogP contribution in [0.15, 0.2) is 0 Å². The second-order valence-corrected chi connectivity index (χ2v) is 5.06. The Balaban J connectivity index is 0. The summed E-state index contributed by atoms with van der Waals surface area (Å²) >= 11 is 0. The van der Waals surface area contributed by atoms with Crippen LogP contribution in [-0.4, -0.2) is 20.4 Å². The number of phosphoric acid groups is 1. The molecular weight excluding hydrogens is 222 g/mol. The molecule has 1 atom stereocenters. The first-order valence-electron chi connectivity index (χ1n) is 4.75. The molecule has 0 heterocycles. The quantitative estimate of drug-likeness (QED) is 0.529. The van der Waals surface area contributed by atoms with Gasteiger partial charge in [-0.05, 0) is 22.1 Å². The standard InChI is InChI=1S/C6H15P.C2H7O4P/c1-2-3-4-5-6-7;1-5-7(3,4)6-2/h2-7H2,1H3;1-2H3,(H,3,4). The van der Waals surface area contributed by atoms with Crippen molar-refractivity contribution in [1.82, 2.24) is 0 Å². The molecule has 14 heavy (non-hydrogen) atoms. The summed E-state index contributed by atoms with van der Waals surface area (Å²) in [5, 5.41) is 0. The highest BCUT2D eigenvalue weighted by Crippen LogP contribution is 2.34. The largest absolute Gasteiger partial charge is 0.756 e. The Morgan fingerprint density at radius 1 is 1.21 bits per heavy atom. The predicted molar refractivity (Wildman–Crippen MR) is 61.7 cm³/mol. The van der Waals surface area contributed by atoms with Gasteiger partial charge in [0.25, 0.3) is 7.82 Å². The second kappa shape index (κ2) is 11.6. The van der Waals surface area contributed by atoms with Crippen molar-refractivity contribution in [3.63, 3.8) is 0 Å². The maximum Gasteiger partial charge on any atom is 0.267 e. The molecule has 0 aromatic heterocycles. The van der Waals surface area contributed by atoms with Gasteiger partial charge >= 0.3 is 0 Å². The Morgan fingerprint density at radius 2 is 1.71 bits per heavy atom. The average molecular weight is 244 g/mol. The van der Waals surface area contributed by atoms with Crippen LogP contribution in [0.5, 0.6) is 0 Å². The molecule has 88 valence electrons. The van der Waals surface area contributed by atoms with E-state index >= 15 is 0 Å². The van der Waals surface area contributed by atoms with Crippen molar-refractivity contribution in [2.75, 3.05) is 20.4 Å². The number of rotatable bonds is 6. The topological polar surface area (TPSA) is 58.6 Å². The monoisotopic (exact) mass is 244 g/mol. The van der Waals surface area contributed by atoms with E-state index in [1.54, 1.807) is 0 Å². The zero-order valence-electron chi connectivity index (χ0n) is 9.32. The van der Waals surface area contributed by atoms with Gasteiger partial charge in [-0.3, -0.25) is 4.57 Å². The van der Waals surface area contributed by atoms with Gasteiger partial charge in [-0.25, -0.2) is 0 Å².